The molecule has 6 heteroatoms. The smallest absolute Gasteiger partial charge is 0.249 e. The summed E-state index contributed by atoms with van der Waals surface area (Å²) in [5.41, 5.74) is 5.60. The third kappa shape index (κ3) is 3.98. The molecule has 0 unspecified atom stereocenters. The number of nitrogens with two attached hydrogens (primary N) is 1. The topological polar surface area (TPSA) is 55.6 Å². The molecular weight excluding hydrogens is 266 g/mol. The normalized spacial score (nSPS) is 14.3. The Kier molecular flexibility index (Phi) is 5.03. The van der Waals surface area contributed by atoms with Crippen LogP contribution in [0, 0.1) is 11.6 Å². The maximum Gasteiger partial charge on any atom is 0.249 e. The molecule has 20 heavy (non-hydrogen) atoms. The third-order valence-electron chi connectivity index (χ3n) is 3.15. The first-order chi connectivity index (χ1) is 9.61. The number of nitrogens with zero attached hydrogens (tertiary/aromatic N) is 1. The van der Waals surface area contributed by atoms with Crippen LogP contribution in [-0.2, 0) is 16.1 Å². The average molecular weight is 284 g/mol. The zero-order valence-corrected chi connectivity index (χ0v) is 11.1. The van der Waals surface area contributed by atoms with E-state index < -0.39 is 11.6 Å². The first-order valence-corrected chi connectivity index (χ1v) is 6.63. The molecule has 0 aliphatic heterocycles. The SMILES string of the molecule is NCCOCC(=O)N(Cc1ccc(F)cc1F)C1CC1. The molecule has 1 saturated carbocycles. The van der Waals surface area contributed by atoms with Crippen LogP contribution < -0.4 is 5.73 Å². The highest BCUT2D eigenvalue weighted by Gasteiger charge is 2.32. The van der Waals surface area contributed by atoms with Gasteiger partial charge in [-0.15, -0.1) is 0 Å². The molecule has 1 aromatic rings. The molecule has 1 amide bonds. The van der Waals surface area contributed by atoms with E-state index in [1.54, 1.807) is 4.90 Å². The van der Waals surface area contributed by atoms with Crippen LogP contribution in [0.1, 0.15) is 18.4 Å². The highest BCUT2D eigenvalue weighted by molar-refractivity contribution is 5.78. The van der Waals surface area contributed by atoms with Crippen molar-refractivity contribution in [2.75, 3.05) is 19.8 Å². The fourth-order valence-corrected chi connectivity index (χ4v) is 1.97. The molecule has 1 fully saturated rings. The molecule has 1 aliphatic carbocycles. The Bertz CT molecular complexity index is 478. The Balaban J connectivity index is 2.00. The zero-order valence-electron chi connectivity index (χ0n) is 11.1. The van der Waals surface area contributed by atoms with E-state index in [0.717, 1.165) is 18.9 Å². The second kappa shape index (κ2) is 6.76. The van der Waals surface area contributed by atoms with Gasteiger partial charge in [-0.2, -0.15) is 0 Å². The molecule has 4 nitrogen and oxygen atoms in total. The number of hydrogen-bond acceptors (Lipinski definition) is 3. The van der Waals surface area contributed by atoms with Gasteiger partial charge >= 0.3 is 0 Å². The van der Waals surface area contributed by atoms with E-state index in [2.05, 4.69) is 0 Å². The van der Waals surface area contributed by atoms with Crippen LogP contribution in [0.2, 0.25) is 0 Å². The van der Waals surface area contributed by atoms with Crippen LogP contribution in [0.25, 0.3) is 0 Å². The van der Waals surface area contributed by atoms with Gasteiger partial charge in [-0.25, -0.2) is 8.78 Å². The van der Waals surface area contributed by atoms with Gasteiger partial charge in [0.05, 0.1) is 6.61 Å². The lowest BCUT2D eigenvalue weighted by Gasteiger charge is -2.22. The number of carbonyl (C=O) groups is 1. The van der Waals surface area contributed by atoms with Crippen molar-refractivity contribution in [3.63, 3.8) is 0 Å². The Hall–Kier alpha value is -1.53. The molecule has 2 rings (SSSR count). The van der Waals surface area contributed by atoms with Crippen LogP contribution >= 0.6 is 0 Å². The maximum atomic E-state index is 13.6. The van der Waals surface area contributed by atoms with Crippen molar-refractivity contribution in [1.29, 1.82) is 0 Å². The number of amides is 1. The molecule has 1 aliphatic rings. The molecule has 0 saturated heterocycles. The van der Waals surface area contributed by atoms with Crippen molar-refractivity contribution < 1.29 is 18.3 Å². The van der Waals surface area contributed by atoms with Crippen LogP contribution in [0.4, 0.5) is 8.78 Å². The summed E-state index contributed by atoms with van der Waals surface area (Å²) in [5, 5.41) is 0. The van der Waals surface area contributed by atoms with Crippen LogP contribution in [0.15, 0.2) is 18.2 Å². The fourth-order valence-electron chi connectivity index (χ4n) is 1.97. The highest BCUT2D eigenvalue weighted by atomic mass is 19.1. The van der Waals surface area contributed by atoms with E-state index in [1.807, 2.05) is 0 Å². The Labute approximate surface area is 116 Å². The first-order valence-electron chi connectivity index (χ1n) is 6.63. The average Bonchev–Trinajstić information content (AvgIpc) is 3.22. The summed E-state index contributed by atoms with van der Waals surface area (Å²) in [4.78, 5) is 13.6. The van der Waals surface area contributed by atoms with Crippen LogP contribution in [0.5, 0.6) is 0 Å². The summed E-state index contributed by atoms with van der Waals surface area (Å²) >= 11 is 0. The Morgan fingerprint density at radius 1 is 1.40 bits per heavy atom. The lowest BCUT2D eigenvalue weighted by Crippen LogP contribution is -2.36. The lowest BCUT2D eigenvalue weighted by atomic mass is 10.2. The number of hydrogen-bond donors (Lipinski definition) is 1. The zero-order chi connectivity index (χ0) is 14.5. The highest BCUT2D eigenvalue weighted by Crippen LogP contribution is 2.29. The molecule has 110 valence electrons. The van der Waals surface area contributed by atoms with Gasteiger partial charge in [-0.1, -0.05) is 6.07 Å². The molecule has 0 spiro atoms. The minimum Gasteiger partial charge on any atom is -0.370 e. The van der Waals surface area contributed by atoms with E-state index in [9.17, 15) is 13.6 Å². The minimum absolute atomic E-state index is 0.0590. The van der Waals surface area contributed by atoms with E-state index in [0.29, 0.717) is 18.7 Å². The second-order valence-electron chi connectivity index (χ2n) is 4.83. The summed E-state index contributed by atoms with van der Waals surface area (Å²) in [6.45, 7) is 0.747. The van der Waals surface area contributed by atoms with E-state index >= 15 is 0 Å². The molecule has 1 aromatic carbocycles. The van der Waals surface area contributed by atoms with Gasteiger partial charge < -0.3 is 15.4 Å². The predicted molar refractivity (Wildman–Crippen MR) is 69.8 cm³/mol. The Morgan fingerprint density at radius 2 is 2.15 bits per heavy atom. The van der Waals surface area contributed by atoms with Crippen molar-refractivity contribution in [3.8, 4) is 0 Å². The number of ether oxygens (including phenoxy) is 1. The minimum atomic E-state index is -0.633. The number of halogens is 2. The summed E-state index contributed by atoms with van der Waals surface area (Å²) in [6, 6.07) is 3.52. The fraction of sp³-hybridized carbons (Fsp3) is 0.500. The summed E-state index contributed by atoms with van der Waals surface area (Å²) in [6.07, 6.45) is 1.82. The number of benzene rings is 1. The standard InChI is InChI=1S/C14H18F2N2O2/c15-11-2-1-10(13(16)7-11)8-18(12-3-4-12)14(19)9-20-6-5-17/h1-2,7,12H,3-6,8-9,17H2. The lowest BCUT2D eigenvalue weighted by molar-refractivity contribution is -0.137. The van der Waals surface area contributed by atoms with Gasteiger partial charge in [0, 0.05) is 30.8 Å². The van der Waals surface area contributed by atoms with Gasteiger partial charge in [-0.05, 0) is 18.9 Å². The van der Waals surface area contributed by atoms with E-state index in [1.165, 1.54) is 12.1 Å². The monoisotopic (exact) mass is 284 g/mol. The summed E-state index contributed by atoms with van der Waals surface area (Å²) < 4.78 is 31.6. The predicted octanol–water partition coefficient (Wildman–Crippen LogP) is 1.43. The van der Waals surface area contributed by atoms with Crippen molar-refractivity contribution in [1.82, 2.24) is 4.90 Å². The molecule has 0 atom stereocenters. The largest absolute Gasteiger partial charge is 0.370 e. The molecule has 0 bridgehead atoms. The van der Waals surface area contributed by atoms with Crippen molar-refractivity contribution in [2.45, 2.75) is 25.4 Å². The van der Waals surface area contributed by atoms with Crippen molar-refractivity contribution in [2.24, 2.45) is 5.73 Å². The van der Waals surface area contributed by atoms with Crippen molar-refractivity contribution >= 4 is 5.91 Å². The van der Waals surface area contributed by atoms with Gasteiger partial charge in [0.25, 0.3) is 0 Å². The Morgan fingerprint density at radius 3 is 2.75 bits per heavy atom. The van der Waals surface area contributed by atoms with E-state index in [4.69, 9.17) is 10.5 Å². The quantitative estimate of drug-likeness (QED) is 0.771. The molecule has 0 aromatic heterocycles. The number of carbonyl (C=O) groups excluding carboxylic acids is 1. The van der Waals surface area contributed by atoms with Gasteiger partial charge in [-0.3, -0.25) is 4.79 Å². The van der Waals surface area contributed by atoms with Gasteiger partial charge in [0.1, 0.15) is 18.2 Å². The molecule has 0 radical (unpaired) electrons. The molecule has 2 N–H and O–H groups in total. The first kappa shape index (κ1) is 14.9. The number of rotatable bonds is 7. The molecular formula is C14H18F2N2O2. The van der Waals surface area contributed by atoms with Crippen LogP contribution in [0.3, 0.4) is 0 Å². The second-order valence-corrected chi connectivity index (χ2v) is 4.83. The maximum absolute atomic E-state index is 13.6. The van der Waals surface area contributed by atoms with Crippen LogP contribution in [-0.4, -0.2) is 36.6 Å². The summed E-state index contributed by atoms with van der Waals surface area (Å²) in [5.74, 6) is -1.45. The third-order valence-corrected chi connectivity index (χ3v) is 3.15. The van der Waals surface area contributed by atoms with Crippen molar-refractivity contribution in [3.05, 3.63) is 35.4 Å². The summed E-state index contributed by atoms with van der Waals surface area (Å²) in [7, 11) is 0. The van der Waals surface area contributed by atoms with Gasteiger partial charge in [0.2, 0.25) is 5.91 Å². The van der Waals surface area contributed by atoms with E-state index in [-0.39, 0.29) is 25.1 Å². The molecule has 0 heterocycles. The van der Waals surface area contributed by atoms with Gasteiger partial charge in [0.15, 0.2) is 0 Å².